The number of amides is 1. The number of aromatic nitrogens is 1. The summed E-state index contributed by atoms with van der Waals surface area (Å²) < 4.78 is 0. The lowest BCUT2D eigenvalue weighted by molar-refractivity contribution is -0.121. The minimum Gasteiger partial charge on any atom is -0.387 e. The first-order valence-electron chi connectivity index (χ1n) is 11.1. The number of rotatable bonds is 9. The fourth-order valence-corrected chi connectivity index (χ4v) is 4.22. The summed E-state index contributed by atoms with van der Waals surface area (Å²) in [5, 5.41) is 16.7. The highest BCUT2D eigenvalue weighted by Gasteiger charge is 2.22. The minimum atomic E-state index is -0.625. The van der Waals surface area contributed by atoms with Crippen LogP contribution in [-0.4, -0.2) is 35.1 Å². The second-order valence-corrected chi connectivity index (χ2v) is 8.42. The summed E-state index contributed by atoms with van der Waals surface area (Å²) in [6.07, 6.45) is 4.00. The molecule has 0 radical (unpaired) electrons. The number of hydrogen-bond donors (Lipinski definition) is 4. The van der Waals surface area contributed by atoms with Crippen molar-refractivity contribution in [2.45, 2.75) is 37.8 Å². The highest BCUT2D eigenvalue weighted by molar-refractivity contribution is 5.79. The number of fused-ring (bicyclic) bond motifs is 1. The van der Waals surface area contributed by atoms with Gasteiger partial charge in [0.1, 0.15) is 5.82 Å². The van der Waals surface area contributed by atoms with E-state index in [0.717, 1.165) is 36.9 Å². The van der Waals surface area contributed by atoms with Gasteiger partial charge in [-0.2, -0.15) is 0 Å². The number of nitrogens with zero attached hydrogens (tertiary/aromatic N) is 1. The molecule has 0 fully saturated rings. The van der Waals surface area contributed by atoms with E-state index in [0.29, 0.717) is 18.8 Å². The van der Waals surface area contributed by atoms with Crippen LogP contribution in [0.25, 0.3) is 0 Å². The zero-order chi connectivity index (χ0) is 22.3. The molecule has 0 saturated heterocycles. The van der Waals surface area contributed by atoms with Gasteiger partial charge in [0, 0.05) is 24.3 Å². The Kier molecular flexibility index (Phi) is 7.14. The molecule has 6 heteroatoms. The SMILES string of the molecule is Nc1ccc(C(O)CNCCc2cccc(CC(=O)NC3Cc4ccccc4C3)c2)cn1. The molecular formula is C26H30N4O2. The van der Waals surface area contributed by atoms with Crippen LogP contribution in [0.5, 0.6) is 0 Å². The van der Waals surface area contributed by atoms with E-state index in [9.17, 15) is 9.90 Å². The van der Waals surface area contributed by atoms with E-state index < -0.39 is 6.10 Å². The average molecular weight is 431 g/mol. The Morgan fingerprint density at radius 2 is 1.81 bits per heavy atom. The first-order chi connectivity index (χ1) is 15.6. The fourth-order valence-electron chi connectivity index (χ4n) is 4.22. The van der Waals surface area contributed by atoms with Gasteiger partial charge in [0.05, 0.1) is 12.5 Å². The van der Waals surface area contributed by atoms with Crippen LogP contribution < -0.4 is 16.4 Å². The van der Waals surface area contributed by atoms with E-state index in [1.165, 1.54) is 16.7 Å². The topological polar surface area (TPSA) is 100 Å². The van der Waals surface area contributed by atoms with Crippen LogP contribution in [-0.2, 0) is 30.5 Å². The predicted molar refractivity (Wildman–Crippen MR) is 126 cm³/mol. The van der Waals surface area contributed by atoms with E-state index in [2.05, 4.69) is 52.0 Å². The maximum atomic E-state index is 12.6. The third-order valence-corrected chi connectivity index (χ3v) is 5.89. The largest absolute Gasteiger partial charge is 0.387 e. The molecule has 1 aromatic heterocycles. The quantitative estimate of drug-likeness (QED) is 0.391. The van der Waals surface area contributed by atoms with Gasteiger partial charge in [0.2, 0.25) is 5.91 Å². The van der Waals surface area contributed by atoms with Crippen molar-refractivity contribution >= 4 is 11.7 Å². The van der Waals surface area contributed by atoms with Gasteiger partial charge in [-0.25, -0.2) is 4.98 Å². The van der Waals surface area contributed by atoms with Crippen LogP contribution in [0, 0.1) is 0 Å². The third-order valence-electron chi connectivity index (χ3n) is 5.89. The molecule has 2 aromatic carbocycles. The van der Waals surface area contributed by atoms with E-state index in [1.54, 1.807) is 18.3 Å². The monoisotopic (exact) mass is 430 g/mol. The Morgan fingerprint density at radius 1 is 1.06 bits per heavy atom. The van der Waals surface area contributed by atoms with E-state index >= 15 is 0 Å². The number of nitrogen functional groups attached to an aromatic ring is 1. The molecule has 0 saturated carbocycles. The summed E-state index contributed by atoms with van der Waals surface area (Å²) in [5.41, 5.74) is 11.2. The first kappa shape index (κ1) is 22.0. The molecule has 1 heterocycles. The number of nitrogens with two attached hydrogens (primary N) is 1. The summed E-state index contributed by atoms with van der Waals surface area (Å²) in [4.78, 5) is 16.6. The van der Waals surface area contributed by atoms with Gasteiger partial charge in [0.15, 0.2) is 0 Å². The molecule has 1 amide bonds. The standard InChI is InChI=1S/C26H30N4O2/c27-25-9-8-22(16-29-25)24(31)17-28-11-10-18-4-3-5-19(12-18)13-26(32)30-23-14-20-6-1-2-7-21(20)15-23/h1-9,12,16,23-24,28,31H,10-11,13-15,17H2,(H2,27,29)(H,30,32). The van der Waals surface area contributed by atoms with Gasteiger partial charge in [-0.15, -0.1) is 0 Å². The van der Waals surface area contributed by atoms with Gasteiger partial charge in [-0.3, -0.25) is 4.79 Å². The Balaban J connectivity index is 1.20. The smallest absolute Gasteiger partial charge is 0.224 e. The minimum absolute atomic E-state index is 0.0679. The number of benzene rings is 2. The molecule has 0 aliphatic heterocycles. The Labute approximate surface area is 188 Å². The Bertz CT molecular complexity index is 1030. The van der Waals surface area contributed by atoms with Crippen molar-refractivity contribution < 1.29 is 9.90 Å². The van der Waals surface area contributed by atoms with Crippen molar-refractivity contribution in [3.05, 3.63) is 94.7 Å². The number of nitrogens with one attached hydrogen (secondary N) is 2. The predicted octanol–water partition coefficient (Wildman–Crippen LogP) is 2.36. The van der Waals surface area contributed by atoms with Gasteiger partial charge in [0.25, 0.3) is 0 Å². The van der Waals surface area contributed by atoms with Gasteiger partial charge in [-0.05, 0) is 54.1 Å². The zero-order valence-electron chi connectivity index (χ0n) is 18.1. The fraction of sp³-hybridized carbons (Fsp3) is 0.308. The molecule has 1 aliphatic carbocycles. The van der Waals surface area contributed by atoms with Gasteiger partial charge < -0.3 is 21.5 Å². The van der Waals surface area contributed by atoms with Crippen LogP contribution in [0.4, 0.5) is 5.82 Å². The number of carbonyl (C=O) groups excluding carboxylic acids is 1. The van der Waals surface area contributed by atoms with Crippen molar-refractivity contribution in [1.29, 1.82) is 0 Å². The number of aliphatic hydroxyl groups excluding tert-OH is 1. The molecule has 32 heavy (non-hydrogen) atoms. The maximum Gasteiger partial charge on any atom is 0.224 e. The van der Waals surface area contributed by atoms with Crippen molar-refractivity contribution in [2.24, 2.45) is 0 Å². The highest BCUT2D eigenvalue weighted by Crippen LogP contribution is 2.21. The highest BCUT2D eigenvalue weighted by atomic mass is 16.3. The van der Waals surface area contributed by atoms with Crippen molar-refractivity contribution in [1.82, 2.24) is 15.6 Å². The molecule has 6 nitrogen and oxygen atoms in total. The molecule has 1 aliphatic rings. The summed E-state index contributed by atoms with van der Waals surface area (Å²) in [6.45, 7) is 1.17. The molecule has 1 atom stereocenters. The second kappa shape index (κ2) is 10.4. The van der Waals surface area contributed by atoms with Gasteiger partial charge in [-0.1, -0.05) is 54.6 Å². The van der Waals surface area contributed by atoms with Crippen LogP contribution in [0.3, 0.4) is 0 Å². The van der Waals surface area contributed by atoms with Crippen LogP contribution in [0.2, 0.25) is 0 Å². The number of anilines is 1. The van der Waals surface area contributed by atoms with E-state index in [1.807, 2.05) is 12.1 Å². The molecule has 3 aromatic rings. The maximum absolute atomic E-state index is 12.6. The number of pyridine rings is 1. The lowest BCUT2D eigenvalue weighted by atomic mass is 10.0. The van der Waals surface area contributed by atoms with Crippen molar-refractivity contribution in [3.8, 4) is 0 Å². The Morgan fingerprint density at radius 3 is 2.53 bits per heavy atom. The molecular weight excluding hydrogens is 400 g/mol. The molecule has 5 N–H and O–H groups in total. The number of aliphatic hydroxyl groups is 1. The second-order valence-electron chi connectivity index (χ2n) is 8.42. The molecule has 1 unspecified atom stereocenters. The lowest BCUT2D eigenvalue weighted by Gasteiger charge is -2.13. The van der Waals surface area contributed by atoms with Crippen LogP contribution in [0.1, 0.15) is 33.9 Å². The number of carbonyl (C=O) groups is 1. The zero-order valence-corrected chi connectivity index (χ0v) is 18.1. The third kappa shape index (κ3) is 5.93. The van der Waals surface area contributed by atoms with E-state index in [-0.39, 0.29) is 11.9 Å². The normalized spacial score (nSPS) is 14.2. The van der Waals surface area contributed by atoms with Crippen LogP contribution >= 0.6 is 0 Å². The summed E-state index contributed by atoms with van der Waals surface area (Å²) in [6, 6.07) is 20.2. The lowest BCUT2D eigenvalue weighted by Crippen LogP contribution is -2.36. The van der Waals surface area contributed by atoms with Crippen LogP contribution in [0.15, 0.2) is 66.9 Å². The average Bonchev–Trinajstić information content (AvgIpc) is 3.19. The molecule has 4 rings (SSSR count). The van der Waals surface area contributed by atoms with E-state index in [4.69, 9.17) is 5.73 Å². The van der Waals surface area contributed by atoms with Crippen molar-refractivity contribution in [2.75, 3.05) is 18.8 Å². The number of hydrogen-bond acceptors (Lipinski definition) is 5. The summed E-state index contributed by atoms with van der Waals surface area (Å²) in [5.74, 6) is 0.508. The molecule has 166 valence electrons. The summed E-state index contributed by atoms with van der Waals surface area (Å²) >= 11 is 0. The van der Waals surface area contributed by atoms with Crippen molar-refractivity contribution in [3.63, 3.8) is 0 Å². The molecule has 0 bridgehead atoms. The Hall–Kier alpha value is -3.22. The summed E-state index contributed by atoms with van der Waals surface area (Å²) in [7, 11) is 0. The molecule has 0 spiro atoms. The first-order valence-corrected chi connectivity index (χ1v) is 11.1. The van der Waals surface area contributed by atoms with Gasteiger partial charge >= 0.3 is 0 Å².